The molecule has 8 nitrogen and oxygen atoms in total. The molecule has 0 saturated heterocycles. The number of hydrogen-bond donors (Lipinski definition) is 3. The highest BCUT2D eigenvalue weighted by atomic mass is 31.2. The topological polar surface area (TPSA) is 105 Å². The molecule has 0 rings (SSSR count). The molecular weight excluding hydrogens is 1020 g/mol. The summed E-state index contributed by atoms with van der Waals surface area (Å²) in [5.74, 6) is -0.187. The maximum absolute atomic E-state index is 13.0. The van der Waals surface area contributed by atoms with Crippen LogP contribution in [-0.4, -0.2) is 73.4 Å². The number of phosphoric ester groups is 1. The molecule has 0 aliphatic heterocycles. The van der Waals surface area contributed by atoms with Crippen LogP contribution in [0.1, 0.15) is 328 Å². The molecule has 1 amide bonds. The van der Waals surface area contributed by atoms with Crippen molar-refractivity contribution < 1.29 is 32.9 Å². The summed E-state index contributed by atoms with van der Waals surface area (Å²) in [6.07, 6.45) is 87.7. The Morgan fingerprint density at radius 1 is 0.420 bits per heavy atom. The van der Waals surface area contributed by atoms with Crippen LogP contribution in [0.15, 0.2) is 72.9 Å². The fourth-order valence-electron chi connectivity index (χ4n) is 10.2. The summed E-state index contributed by atoms with van der Waals surface area (Å²) in [4.78, 5) is 23.4. The monoisotopic (exact) mass is 1160 g/mol. The number of aliphatic hydroxyl groups is 1. The van der Waals surface area contributed by atoms with Gasteiger partial charge in [0, 0.05) is 6.42 Å². The highest BCUT2D eigenvalue weighted by molar-refractivity contribution is 7.47. The van der Waals surface area contributed by atoms with E-state index in [-0.39, 0.29) is 19.1 Å². The van der Waals surface area contributed by atoms with Gasteiger partial charge in [-0.3, -0.25) is 13.8 Å². The first kappa shape index (κ1) is 78.9. The second kappa shape index (κ2) is 62.5. The zero-order chi connectivity index (χ0) is 59.1. The van der Waals surface area contributed by atoms with Crippen LogP contribution in [0.5, 0.6) is 0 Å². The number of hydrogen-bond acceptors (Lipinski definition) is 5. The molecule has 0 fully saturated rings. The lowest BCUT2D eigenvalue weighted by atomic mass is 10.0. The Morgan fingerprint density at radius 3 is 1.07 bits per heavy atom. The van der Waals surface area contributed by atoms with E-state index in [9.17, 15) is 19.4 Å². The Labute approximate surface area is 504 Å². The number of likely N-dealkylation sites (N-methyl/N-ethyl adjacent to an activating group) is 1. The predicted octanol–water partition coefficient (Wildman–Crippen LogP) is 22.2. The first-order chi connectivity index (χ1) is 39.5. The SMILES string of the molecule is CCCCCCC/C=C\C/C=C\C/C=C\CCCCCCCCCCCCCCCCCCCCCCCCC(=O)NC(COP(=O)(O)OCC[N+](C)(C)C)C(O)/C=C/CC/C=C/CC/C=C/CCCCCCCCCCCCCC. The maximum atomic E-state index is 13.0. The first-order valence-corrected chi connectivity index (χ1v) is 36.3. The van der Waals surface area contributed by atoms with Gasteiger partial charge in [-0.15, -0.1) is 0 Å². The molecular formula is C72H136N2O6P+. The van der Waals surface area contributed by atoms with Crippen molar-refractivity contribution in [1.82, 2.24) is 5.32 Å². The highest BCUT2D eigenvalue weighted by Crippen LogP contribution is 2.43. The molecule has 0 aromatic carbocycles. The molecule has 474 valence electrons. The molecule has 0 bridgehead atoms. The molecule has 3 atom stereocenters. The highest BCUT2D eigenvalue weighted by Gasteiger charge is 2.28. The number of rotatable bonds is 64. The Hall–Kier alpha value is -2.06. The van der Waals surface area contributed by atoms with Gasteiger partial charge in [-0.25, -0.2) is 4.57 Å². The summed E-state index contributed by atoms with van der Waals surface area (Å²) >= 11 is 0. The second-order valence-corrected chi connectivity index (χ2v) is 26.3. The second-order valence-electron chi connectivity index (χ2n) is 24.9. The van der Waals surface area contributed by atoms with Crippen molar-refractivity contribution in [3.63, 3.8) is 0 Å². The average molecular weight is 1160 g/mol. The summed E-state index contributed by atoms with van der Waals surface area (Å²) in [5, 5.41) is 14.0. The lowest BCUT2D eigenvalue weighted by Crippen LogP contribution is -2.45. The number of carbonyl (C=O) groups is 1. The largest absolute Gasteiger partial charge is 0.472 e. The van der Waals surface area contributed by atoms with Crippen molar-refractivity contribution >= 4 is 13.7 Å². The Morgan fingerprint density at radius 2 is 0.716 bits per heavy atom. The van der Waals surface area contributed by atoms with Crippen molar-refractivity contribution in [3.05, 3.63) is 72.9 Å². The van der Waals surface area contributed by atoms with Crippen molar-refractivity contribution in [3.8, 4) is 0 Å². The lowest BCUT2D eigenvalue weighted by molar-refractivity contribution is -0.870. The van der Waals surface area contributed by atoms with Gasteiger partial charge in [0.1, 0.15) is 13.2 Å². The van der Waals surface area contributed by atoms with E-state index in [4.69, 9.17) is 9.05 Å². The van der Waals surface area contributed by atoms with Crippen LogP contribution >= 0.6 is 7.82 Å². The van der Waals surface area contributed by atoms with Gasteiger partial charge < -0.3 is 19.8 Å². The van der Waals surface area contributed by atoms with Gasteiger partial charge in [-0.2, -0.15) is 0 Å². The minimum Gasteiger partial charge on any atom is -0.387 e. The smallest absolute Gasteiger partial charge is 0.387 e. The molecule has 0 spiro atoms. The van der Waals surface area contributed by atoms with Crippen LogP contribution in [-0.2, 0) is 18.4 Å². The van der Waals surface area contributed by atoms with Crippen LogP contribution in [0.2, 0.25) is 0 Å². The molecule has 9 heteroatoms. The van der Waals surface area contributed by atoms with Crippen LogP contribution in [0, 0.1) is 0 Å². The molecule has 3 unspecified atom stereocenters. The fourth-order valence-corrected chi connectivity index (χ4v) is 10.9. The van der Waals surface area contributed by atoms with Gasteiger partial charge >= 0.3 is 7.82 Å². The predicted molar refractivity (Wildman–Crippen MR) is 355 cm³/mol. The van der Waals surface area contributed by atoms with E-state index in [2.05, 4.69) is 79.9 Å². The maximum Gasteiger partial charge on any atom is 0.472 e. The molecule has 3 N–H and O–H groups in total. The van der Waals surface area contributed by atoms with Crippen LogP contribution in [0.4, 0.5) is 0 Å². The average Bonchev–Trinajstić information content (AvgIpc) is 3.43. The van der Waals surface area contributed by atoms with Crippen molar-refractivity contribution in [2.75, 3.05) is 40.9 Å². The van der Waals surface area contributed by atoms with E-state index in [0.717, 1.165) is 57.8 Å². The van der Waals surface area contributed by atoms with Gasteiger partial charge in [0.05, 0.1) is 39.9 Å². The third-order valence-electron chi connectivity index (χ3n) is 15.6. The molecule has 0 heterocycles. The number of quaternary nitrogens is 1. The van der Waals surface area contributed by atoms with Gasteiger partial charge in [0.15, 0.2) is 0 Å². The minimum absolute atomic E-state index is 0.0531. The molecule has 0 aliphatic carbocycles. The standard InChI is InChI=1S/C72H135N2O6P/c1-6-8-10-12-14-16-18-20-22-24-26-28-30-31-32-33-34-35-36-37-38-39-40-41-42-43-44-46-48-50-52-54-56-58-60-62-64-66-72(76)73-70(69-80-81(77,78)79-68-67-74(3,4)5)71(75)65-63-61-59-57-55-53-51-49-47-45-29-27-25-23-21-19-17-15-13-11-9-7-2/h18,20,24,26,30-31,47,49,55,57,63,65,70-71,75H,6-17,19,21-23,25,27-29,32-46,48,50-54,56,58-62,64,66-69H2,1-5H3,(H-,73,76,77,78)/p+1/b20-18-,26-24-,31-30-,49-47+,57-55+,65-63+. The molecule has 0 aromatic heterocycles. The van der Waals surface area contributed by atoms with Crippen molar-refractivity contribution in [2.45, 2.75) is 341 Å². The van der Waals surface area contributed by atoms with E-state index in [0.29, 0.717) is 17.4 Å². The van der Waals surface area contributed by atoms with E-state index in [1.165, 1.54) is 250 Å². The number of carbonyl (C=O) groups excluding carboxylic acids is 1. The van der Waals surface area contributed by atoms with E-state index < -0.39 is 20.0 Å². The third kappa shape index (κ3) is 65.3. The number of unbranched alkanes of at least 4 members (excludes halogenated alkanes) is 41. The lowest BCUT2D eigenvalue weighted by Gasteiger charge is -2.25. The zero-order valence-corrected chi connectivity index (χ0v) is 55.2. The number of phosphoric acid groups is 1. The van der Waals surface area contributed by atoms with Crippen LogP contribution in [0.3, 0.4) is 0 Å². The van der Waals surface area contributed by atoms with Gasteiger partial charge in [-0.05, 0) is 83.5 Å². The van der Waals surface area contributed by atoms with E-state index in [1.807, 2.05) is 27.2 Å². The van der Waals surface area contributed by atoms with Gasteiger partial charge in [0.25, 0.3) is 0 Å². The Kier molecular flexibility index (Phi) is 60.9. The minimum atomic E-state index is -4.37. The van der Waals surface area contributed by atoms with Gasteiger partial charge in [-0.1, -0.05) is 311 Å². The summed E-state index contributed by atoms with van der Waals surface area (Å²) in [7, 11) is 1.55. The van der Waals surface area contributed by atoms with Crippen LogP contribution < -0.4 is 5.32 Å². The van der Waals surface area contributed by atoms with Crippen LogP contribution in [0.25, 0.3) is 0 Å². The molecule has 0 saturated carbocycles. The fraction of sp³-hybridized carbons (Fsp3) is 0.819. The summed E-state index contributed by atoms with van der Waals surface area (Å²) < 4.78 is 23.8. The Balaban J connectivity index is 4.04. The van der Waals surface area contributed by atoms with E-state index >= 15 is 0 Å². The number of allylic oxidation sites excluding steroid dienone is 11. The third-order valence-corrected chi connectivity index (χ3v) is 16.6. The summed E-state index contributed by atoms with van der Waals surface area (Å²) in [5.41, 5.74) is 0. The van der Waals surface area contributed by atoms with E-state index in [1.54, 1.807) is 6.08 Å². The zero-order valence-electron chi connectivity index (χ0n) is 54.3. The quantitative estimate of drug-likeness (QED) is 0.0243. The number of nitrogens with zero attached hydrogens (tertiary/aromatic N) is 1. The van der Waals surface area contributed by atoms with Crippen molar-refractivity contribution in [1.29, 1.82) is 0 Å². The normalized spacial score (nSPS) is 14.1. The summed E-state index contributed by atoms with van der Waals surface area (Å²) in [6, 6.07) is -0.872. The molecule has 0 radical (unpaired) electrons. The number of aliphatic hydroxyl groups excluding tert-OH is 1. The molecule has 0 aliphatic rings. The van der Waals surface area contributed by atoms with Crippen molar-refractivity contribution in [2.24, 2.45) is 0 Å². The molecule has 81 heavy (non-hydrogen) atoms. The summed E-state index contributed by atoms with van der Waals surface area (Å²) in [6.45, 7) is 4.81. The van der Waals surface area contributed by atoms with Gasteiger partial charge in [0.2, 0.25) is 5.91 Å². The first-order valence-electron chi connectivity index (χ1n) is 34.8. The number of nitrogens with one attached hydrogen (secondary N) is 1. The molecule has 0 aromatic rings. The Bertz CT molecular complexity index is 1550. The number of amides is 1.